The molecule has 6 fully saturated rings. The molecule has 0 unspecified atom stereocenters. The van der Waals surface area contributed by atoms with Crippen molar-refractivity contribution in [3.63, 3.8) is 0 Å². The van der Waals surface area contributed by atoms with Crippen molar-refractivity contribution in [2.75, 3.05) is 13.1 Å². The minimum Gasteiger partial charge on any atom is -0.388 e. The van der Waals surface area contributed by atoms with Gasteiger partial charge in [0, 0.05) is 31.5 Å². The normalized spacial score (nSPS) is 59.2. The Hall–Kier alpha value is -0.410. The van der Waals surface area contributed by atoms with Gasteiger partial charge in [-0.15, -0.1) is 0 Å². The van der Waals surface area contributed by atoms with Crippen molar-refractivity contribution < 1.29 is 9.90 Å². The van der Waals surface area contributed by atoms with Gasteiger partial charge in [-0.05, 0) is 105 Å². The first-order valence-corrected chi connectivity index (χ1v) is 13.7. The lowest BCUT2D eigenvalue weighted by molar-refractivity contribution is -0.175. The number of carbonyl (C=O) groups is 1. The largest absolute Gasteiger partial charge is 0.388 e. The number of rotatable bonds is 0. The van der Waals surface area contributed by atoms with E-state index in [-0.39, 0.29) is 5.41 Å². The Morgan fingerprint density at radius 2 is 1.65 bits per heavy atom. The van der Waals surface area contributed by atoms with E-state index in [4.69, 9.17) is 0 Å². The highest BCUT2D eigenvalue weighted by Crippen LogP contribution is 2.67. The first-order chi connectivity index (χ1) is 14.7. The number of Topliss-reactive ketones (excluding diaryl/α,β-unsaturated/α-hetero) is 1. The molecule has 2 saturated heterocycles. The topological polar surface area (TPSA) is 40.5 Å². The van der Waals surface area contributed by atoms with Crippen LogP contribution in [-0.2, 0) is 4.79 Å². The smallest absolute Gasteiger partial charge is 0.136 e. The summed E-state index contributed by atoms with van der Waals surface area (Å²) >= 11 is 0. The molecule has 0 aromatic carbocycles. The van der Waals surface area contributed by atoms with E-state index in [9.17, 15) is 9.90 Å². The van der Waals surface area contributed by atoms with E-state index in [1.165, 1.54) is 58.0 Å². The average Bonchev–Trinajstić information content (AvgIpc) is 3.09. The minimum atomic E-state index is -0.537. The van der Waals surface area contributed by atoms with Crippen LogP contribution in [0.3, 0.4) is 0 Å². The number of piperidine rings is 2. The zero-order valence-electron chi connectivity index (χ0n) is 20.4. The van der Waals surface area contributed by atoms with E-state index in [1.807, 2.05) is 0 Å². The molecule has 6 rings (SSSR count). The Kier molecular flexibility index (Phi) is 4.81. The summed E-state index contributed by atoms with van der Waals surface area (Å²) < 4.78 is 0. The van der Waals surface area contributed by atoms with Gasteiger partial charge in [-0.2, -0.15) is 0 Å². The van der Waals surface area contributed by atoms with Crippen molar-refractivity contribution in [1.29, 1.82) is 0 Å². The third-order valence-corrected chi connectivity index (χ3v) is 12.1. The van der Waals surface area contributed by atoms with Gasteiger partial charge in [-0.1, -0.05) is 27.2 Å². The van der Waals surface area contributed by atoms with Gasteiger partial charge in [0.05, 0.1) is 5.60 Å². The van der Waals surface area contributed by atoms with Crippen molar-refractivity contribution in [2.45, 2.75) is 97.1 Å². The number of carbonyl (C=O) groups excluding carboxylic acids is 1. The molecule has 1 N–H and O–H groups in total. The number of aliphatic hydroxyl groups is 1. The zero-order valence-corrected chi connectivity index (χ0v) is 20.4. The highest BCUT2D eigenvalue weighted by atomic mass is 16.3. The quantitative estimate of drug-likeness (QED) is 0.580. The van der Waals surface area contributed by atoms with Gasteiger partial charge in [0.25, 0.3) is 0 Å². The van der Waals surface area contributed by atoms with Crippen LogP contribution in [0.1, 0.15) is 85.5 Å². The van der Waals surface area contributed by atoms with Crippen molar-refractivity contribution in [3.05, 3.63) is 0 Å². The molecular formula is C28H45NO2. The first kappa shape index (κ1) is 21.1. The van der Waals surface area contributed by atoms with Gasteiger partial charge in [-0.25, -0.2) is 0 Å². The second kappa shape index (κ2) is 7.05. The summed E-state index contributed by atoms with van der Waals surface area (Å²) in [5.74, 6) is 6.39. The maximum Gasteiger partial charge on any atom is 0.136 e. The summed E-state index contributed by atoms with van der Waals surface area (Å²) in [5.41, 5.74) is -0.289. The molecule has 6 aliphatic rings. The van der Waals surface area contributed by atoms with Crippen LogP contribution in [0.15, 0.2) is 0 Å². The van der Waals surface area contributed by atoms with Gasteiger partial charge in [0.1, 0.15) is 5.78 Å². The van der Waals surface area contributed by atoms with Gasteiger partial charge in [0.2, 0.25) is 0 Å². The highest BCUT2D eigenvalue weighted by molar-refractivity contribution is 5.83. The lowest BCUT2D eigenvalue weighted by atomic mass is 9.51. The summed E-state index contributed by atoms with van der Waals surface area (Å²) in [6.45, 7) is 11.8. The fourth-order valence-electron chi connectivity index (χ4n) is 10.6. The zero-order chi connectivity index (χ0) is 21.7. The molecule has 4 saturated carbocycles. The monoisotopic (exact) mass is 427 g/mol. The third-order valence-electron chi connectivity index (χ3n) is 12.1. The van der Waals surface area contributed by atoms with Crippen LogP contribution in [0, 0.1) is 58.7 Å². The number of ketones is 1. The molecule has 0 aromatic rings. The second-order valence-corrected chi connectivity index (χ2v) is 13.7. The minimum absolute atomic E-state index is 0.249. The van der Waals surface area contributed by atoms with Crippen molar-refractivity contribution in [3.8, 4) is 0 Å². The highest BCUT2D eigenvalue weighted by Gasteiger charge is 2.64. The van der Waals surface area contributed by atoms with Crippen molar-refractivity contribution >= 4 is 5.78 Å². The Labute approximate surface area is 189 Å². The lowest BCUT2D eigenvalue weighted by Crippen LogP contribution is -2.67. The molecule has 2 heterocycles. The third kappa shape index (κ3) is 2.94. The van der Waals surface area contributed by atoms with Gasteiger partial charge in [-0.3, -0.25) is 9.69 Å². The fourth-order valence-corrected chi connectivity index (χ4v) is 10.6. The molecule has 3 heteroatoms. The molecule has 0 bridgehead atoms. The lowest BCUT2D eigenvalue weighted by Gasteiger charge is -2.59. The molecule has 3 nitrogen and oxygen atoms in total. The Morgan fingerprint density at radius 3 is 2.45 bits per heavy atom. The van der Waals surface area contributed by atoms with Gasteiger partial charge in [0.15, 0.2) is 0 Å². The maximum atomic E-state index is 13.4. The van der Waals surface area contributed by atoms with Crippen LogP contribution in [0.25, 0.3) is 0 Å². The Bertz CT molecular complexity index is 747. The number of hydrogen-bond donors (Lipinski definition) is 1. The van der Waals surface area contributed by atoms with Gasteiger partial charge >= 0.3 is 0 Å². The van der Waals surface area contributed by atoms with Crippen LogP contribution in [0.2, 0.25) is 0 Å². The van der Waals surface area contributed by atoms with E-state index in [0.29, 0.717) is 35.5 Å². The van der Waals surface area contributed by atoms with E-state index in [0.717, 1.165) is 42.4 Å². The molecule has 31 heavy (non-hydrogen) atoms. The van der Waals surface area contributed by atoms with E-state index in [2.05, 4.69) is 32.6 Å². The molecule has 174 valence electrons. The number of hydrogen-bond acceptors (Lipinski definition) is 3. The van der Waals surface area contributed by atoms with Crippen LogP contribution in [0.4, 0.5) is 0 Å². The molecule has 0 radical (unpaired) electrons. The molecule has 0 amide bonds. The summed E-state index contributed by atoms with van der Waals surface area (Å²) in [5, 5.41) is 11.8. The van der Waals surface area contributed by atoms with Crippen LogP contribution < -0.4 is 0 Å². The fraction of sp³-hybridized carbons (Fsp3) is 0.964. The van der Waals surface area contributed by atoms with Crippen molar-refractivity contribution in [2.24, 2.45) is 58.7 Å². The predicted molar refractivity (Wildman–Crippen MR) is 123 cm³/mol. The van der Waals surface area contributed by atoms with Crippen molar-refractivity contribution in [1.82, 2.24) is 4.90 Å². The summed E-state index contributed by atoms with van der Waals surface area (Å²) in [6, 6.07) is 0.369. The Balaban J connectivity index is 1.31. The Morgan fingerprint density at radius 1 is 0.839 bits per heavy atom. The number of nitrogens with zero attached hydrogens (tertiary/aromatic N) is 1. The summed E-state index contributed by atoms with van der Waals surface area (Å²) in [4.78, 5) is 16.1. The second-order valence-electron chi connectivity index (χ2n) is 13.7. The van der Waals surface area contributed by atoms with E-state index < -0.39 is 5.60 Å². The van der Waals surface area contributed by atoms with E-state index in [1.54, 1.807) is 0 Å². The van der Waals surface area contributed by atoms with E-state index >= 15 is 0 Å². The molecular weight excluding hydrogens is 382 g/mol. The summed E-state index contributed by atoms with van der Waals surface area (Å²) in [6.07, 6.45) is 10.8. The molecule has 4 aliphatic carbocycles. The van der Waals surface area contributed by atoms with Crippen LogP contribution in [0.5, 0.6) is 0 Å². The van der Waals surface area contributed by atoms with Crippen LogP contribution >= 0.6 is 0 Å². The van der Waals surface area contributed by atoms with Gasteiger partial charge < -0.3 is 5.11 Å². The maximum absolute atomic E-state index is 13.4. The standard InChI is InChI=1S/C28H45NO2/c1-16-9-10-27(3)23-12-19-18(20(23)13-25(30)24(27)11-16)6-7-22-21(19)15-29-14-17(2)5-8-26(29)28(22,4)31/h16-24,26,31H,5-15H2,1-4H3/t16-,17-,18-,19+,20-,21+,22+,23-,24+,26+,27+,28-/m0/s1. The summed E-state index contributed by atoms with van der Waals surface area (Å²) in [7, 11) is 0. The predicted octanol–water partition coefficient (Wildman–Crippen LogP) is 5.16. The first-order valence-electron chi connectivity index (χ1n) is 13.7. The molecule has 0 spiro atoms. The van der Waals surface area contributed by atoms with Crippen LogP contribution in [-0.4, -0.2) is 40.5 Å². The SMILES string of the molecule is C[C@H]1CC[C@@]2(C)[C@H](C1)C(=O)C[C@H]1[C@H]3CC[C@@H]4[C@H](CN5C[C@@H](C)CC[C@@H]5[C@@]4(C)O)[C@@H]3C[C@@H]12. The molecule has 2 aliphatic heterocycles. The molecule has 12 atom stereocenters. The average molecular weight is 428 g/mol. The molecule has 0 aromatic heterocycles. The number of fused-ring (bicyclic) bond motifs is 8.